The van der Waals surface area contributed by atoms with Gasteiger partial charge in [0.1, 0.15) is 5.75 Å². The Bertz CT molecular complexity index is 520. The van der Waals surface area contributed by atoms with Crippen molar-refractivity contribution in [1.29, 1.82) is 0 Å². The molecule has 0 spiro atoms. The lowest BCUT2D eigenvalue weighted by molar-refractivity contribution is 0.0959. The molecule has 0 aliphatic carbocycles. The number of methoxy groups -OCH3 is 1. The highest BCUT2D eigenvalue weighted by atomic mass is 16.5. The Kier molecular flexibility index (Phi) is 5.37. The van der Waals surface area contributed by atoms with Crippen molar-refractivity contribution >= 4 is 5.78 Å². The van der Waals surface area contributed by atoms with Crippen LogP contribution in [0.4, 0.5) is 0 Å². The summed E-state index contributed by atoms with van der Waals surface area (Å²) in [7, 11) is 1.67. The van der Waals surface area contributed by atoms with E-state index < -0.39 is 0 Å². The highest BCUT2D eigenvalue weighted by molar-refractivity contribution is 5.99. The summed E-state index contributed by atoms with van der Waals surface area (Å²) in [4.78, 5) is 15.0. The lowest BCUT2D eigenvalue weighted by atomic mass is 9.93. The molecule has 1 aliphatic rings. The molecule has 0 unspecified atom stereocenters. The highest BCUT2D eigenvalue weighted by Crippen LogP contribution is 2.28. The van der Waals surface area contributed by atoms with E-state index in [9.17, 15) is 4.79 Å². The van der Waals surface area contributed by atoms with E-state index in [1.807, 2.05) is 26.8 Å². The van der Waals surface area contributed by atoms with Crippen molar-refractivity contribution in [3.8, 4) is 5.75 Å². The first kappa shape index (κ1) is 16.0. The van der Waals surface area contributed by atoms with Gasteiger partial charge in [-0.3, -0.25) is 4.79 Å². The summed E-state index contributed by atoms with van der Waals surface area (Å²) < 4.78 is 5.37. The Hall–Kier alpha value is -1.39. The topological polar surface area (TPSA) is 41.6 Å². The largest absolute Gasteiger partial charge is 0.496 e. The van der Waals surface area contributed by atoms with Crippen molar-refractivity contribution in [2.75, 3.05) is 39.8 Å². The Balaban J connectivity index is 2.10. The normalized spacial score (nSPS) is 16.0. The number of hydrogen-bond donors (Lipinski definition) is 1. The molecule has 1 fully saturated rings. The molecule has 1 heterocycles. The van der Waals surface area contributed by atoms with Gasteiger partial charge in [-0.15, -0.1) is 0 Å². The standard InChI is InChI=1S/C17H26N2O2/c1-12-11-16(21-4)13(2)14(3)17(12)15(20)5-8-19-9-6-18-7-10-19/h11,18H,5-10H2,1-4H3. The lowest BCUT2D eigenvalue weighted by Crippen LogP contribution is -2.44. The molecule has 0 bridgehead atoms. The van der Waals surface area contributed by atoms with E-state index in [-0.39, 0.29) is 5.78 Å². The Morgan fingerprint density at radius 3 is 2.52 bits per heavy atom. The average Bonchev–Trinajstić information content (AvgIpc) is 2.50. The molecule has 0 atom stereocenters. The maximum atomic E-state index is 12.6. The van der Waals surface area contributed by atoms with Crippen molar-refractivity contribution in [3.05, 3.63) is 28.3 Å². The monoisotopic (exact) mass is 290 g/mol. The van der Waals surface area contributed by atoms with E-state index in [2.05, 4.69) is 10.2 Å². The number of nitrogens with one attached hydrogen (secondary N) is 1. The maximum Gasteiger partial charge on any atom is 0.164 e. The van der Waals surface area contributed by atoms with Gasteiger partial charge in [-0.05, 0) is 43.5 Å². The van der Waals surface area contributed by atoms with Crippen molar-refractivity contribution < 1.29 is 9.53 Å². The number of aryl methyl sites for hydroxylation is 1. The van der Waals surface area contributed by atoms with Crippen LogP contribution in [-0.4, -0.2) is 50.5 Å². The second-order valence-electron chi connectivity index (χ2n) is 5.79. The number of ether oxygens (including phenoxy) is 1. The predicted octanol–water partition coefficient (Wildman–Crippen LogP) is 2.10. The summed E-state index contributed by atoms with van der Waals surface area (Å²) in [5.41, 5.74) is 4.01. The molecule has 0 aromatic heterocycles. The third-order valence-corrected chi connectivity index (χ3v) is 4.41. The summed E-state index contributed by atoms with van der Waals surface area (Å²) in [6, 6.07) is 1.97. The molecule has 0 saturated carbocycles. The summed E-state index contributed by atoms with van der Waals surface area (Å²) in [5.74, 6) is 1.11. The Morgan fingerprint density at radius 2 is 1.90 bits per heavy atom. The average molecular weight is 290 g/mol. The number of hydrogen-bond acceptors (Lipinski definition) is 4. The van der Waals surface area contributed by atoms with Gasteiger partial charge >= 0.3 is 0 Å². The molecular weight excluding hydrogens is 264 g/mol. The first-order chi connectivity index (χ1) is 10.0. The van der Waals surface area contributed by atoms with Crippen molar-refractivity contribution in [3.63, 3.8) is 0 Å². The first-order valence-electron chi connectivity index (χ1n) is 7.65. The first-order valence-corrected chi connectivity index (χ1v) is 7.65. The van der Waals surface area contributed by atoms with E-state index >= 15 is 0 Å². The molecule has 1 saturated heterocycles. The van der Waals surface area contributed by atoms with Gasteiger partial charge in [0, 0.05) is 44.7 Å². The summed E-state index contributed by atoms with van der Waals surface area (Å²) in [5, 5.41) is 3.33. The second kappa shape index (κ2) is 7.05. The van der Waals surface area contributed by atoms with E-state index in [0.717, 1.165) is 60.7 Å². The maximum absolute atomic E-state index is 12.6. The molecule has 4 nitrogen and oxygen atoms in total. The van der Waals surface area contributed by atoms with Crippen LogP contribution in [0.5, 0.6) is 5.75 Å². The lowest BCUT2D eigenvalue weighted by Gasteiger charge is -2.27. The summed E-state index contributed by atoms with van der Waals surface area (Å²) in [6.07, 6.45) is 0.591. The zero-order valence-corrected chi connectivity index (χ0v) is 13.6. The predicted molar refractivity (Wildman–Crippen MR) is 85.5 cm³/mol. The van der Waals surface area contributed by atoms with Gasteiger partial charge in [-0.2, -0.15) is 0 Å². The number of ketones is 1. The van der Waals surface area contributed by atoms with E-state index in [1.54, 1.807) is 7.11 Å². The van der Waals surface area contributed by atoms with Crippen LogP contribution in [0.3, 0.4) is 0 Å². The zero-order valence-electron chi connectivity index (χ0n) is 13.6. The van der Waals surface area contributed by atoms with Gasteiger partial charge in [-0.25, -0.2) is 0 Å². The van der Waals surface area contributed by atoms with Gasteiger partial charge < -0.3 is 15.0 Å². The fraction of sp³-hybridized carbons (Fsp3) is 0.588. The number of carbonyl (C=O) groups excluding carboxylic acids is 1. The van der Waals surface area contributed by atoms with Crippen molar-refractivity contribution in [2.24, 2.45) is 0 Å². The van der Waals surface area contributed by atoms with Crippen LogP contribution in [-0.2, 0) is 0 Å². The van der Waals surface area contributed by atoms with Gasteiger partial charge in [0.25, 0.3) is 0 Å². The number of nitrogens with zero attached hydrogens (tertiary/aromatic N) is 1. The fourth-order valence-corrected chi connectivity index (χ4v) is 3.01. The molecular formula is C17H26N2O2. The molecule has 1 aromatic rings. The molecule has 0 radical (unpaired) electrons. The minimum atomic E-state index is 0.245. The SMILES string of the molecule is COc1cc(C)c(C(=O)CCN2CCNCC2)c(C)c1C. The minimum absolute atomic E-state index is 0.245. The van der Waals surface area contributed by atoms with Gasteiger partial charge in [0.15, 0.2) is 5.78 Å². The molecule has 0 amide bonds. The zero-order chi connectivity index (χ0) is 15.4. The Morgan fingerprint density at radius 1 is 1.24 bits per heavy atom. The van der Waals surface area contributed by atoms with Crippen LogP contribution in [0, 0.1) is 20.8 Å². The van der Waals surface area contributed by atoms with E-state index in [1.165, 1.54) is 0 Å². The van der Waals surface area contributed by atoms with Gasteiger partial charge in [0.2, 0.25) is 0 Å². The van der Waals surface area contributed by atoms with Gasteiger partial charge in [-0.1, -0.05) is 0 Å². The Labute approximate surface area is 127 Å². The second-order valence-corrected chi connectivity index (χ2v) is 5.79. The highest BCUT2D eigenvalue weighted by Gasteiger charge is 2.18. The molecule has 21 heavy (non-hydrogen) atoms. The number of piperazine rings is 1. The molecule has 4 heteroatoms. The summed E-state index contributed by atoms with van der Waals surface area (Å²) in [6.45, 7) is 11.0. The molecule has 1 aromatic carbocycles. The molecule has 1 N–H and O–H groups in total. The number of benzene rings is 1. The van der Waals surface area contributed by atoms with Crippen LogP contribution in [0.1, 0.15) is 33.5 Å². The third-order valence-electron chi connectivity index (χ3n) is 4.41. The van der Waals surface area contributed by atoms with Crippen molar-refractivity contribution in [1.82, 2.24) is 10.2 Å². The molecule has 2 rings (SSSR count). The van der Waals surface area contributed by atoms with Crippen molar-refractivity contribution in [2.45, 2.75) is 27.2 Å². The quantitative estimate of drug-likeness (QED) is 0.843. The van der Waals surface area contributed by atoms with Gasteiger partial charge in [0.05, 0.1) is 7.11 Å². The van der Waals surface area contributed by atoms with Crippen LogP contribution < -0.4 is 10.1 Å². The van der Waals surface area contributed by atoms with Crippen LogP contribution >= 0.6 is 0 Å². The number of Topliss-reactive ketones (excluding diaryl/α,β-unsaturated/α-hetero) is 1. The third kappa shape index (κ3) is 3.63. The smallest absolute Gasteiger partial charge is 0.164 e. The minimum Gasteiger partial charge on any atom is -0.496 e. The number of rotatable bonds is 5. The van der Waals surface area contributed by atoms with Crippen LogP contribution in [0.25, 0.3) is 0 Å². The van der Waals surface area contributed by atoms with E-state index in [4.69, 9.17) is 4.74 Å². The summed E-state index contributed by atoms with van der Waals surface area (Å²) >= 11 is 0. The number of carbonyl (C=O) groups is 1. The molecule has 1 aliphatic heterocycles. The fourth-order valence-electron chi connectivity index (χ4n) is 3.01. The van der Waals surface area contributed by atoms with E-state index in [0.29, 0.717) is 6.42 Å². The van der Waals surface area contributed by atoms with Crippen LogP contribution in [0.2, 0.25) is 0 Å². The molecule has 116 valence electrons. The van der Waals surface area contributed by atoms with Crippen LogP contribution in [0.15, 0.2) is 6.07 Å².